The lowest BCUT2D eigenvalue weighted by Gasteiger charge is -2.27. The van der Waals surface area contributed by atoms with Crippen molar-refractivity contribution < 1.29 is 43.1 Å². The molecule has 0 aromatic heterocycles. The van der Waals surface area contributed by atoms with Gasteiger partial charge in [0, 0.05) is 69.5 Å². The number of rotatable bonds is 18. The molecule has 0 N–H and O–H groups in total. The van der Waals surface area contributed by atoms with E-state index in [1.807, 2.05) is 0 Å². The van der Waals surface area contributed by atoms with Crippen LogP contribution in [-0.4, -0.2) is 191 Å². The molecule has 0 aromatic carbocycles. The summed E-state index contributed by atoms with van der Waals surface area (Å²) < 4.78 is 4.91. The minimum atomic E-state index is -0.546. The number of likely N-dealkylation sites (N-methyl/N-ethyl adjacent to an activating group) is 7. The first-order valence-electron chi connectivity index (χ1n) is 13.2. The van der Waals surface area contributed by atoms with E-state index in [2.05, 4.69) is 0 Å². The minimum absolute atomic E-state index is 0.106. The Labute approximate surface area is 247 Å². The van der Waals surface area contributed by atoms with E-state index in [0.29, 0.717) is 19.3 Å². The lowest BCUT2D eigenvalue weighted by Crippen LogP contribution is -2.48. The molecule has 16 heteroatoms. The second kappa shape index (κ2) is 19.1. The molecule has 0 bridgehead atoms. The lowest BCUT2D eigenvalue weighted by molar-refractivity contribution is -0.146. The second-order valence-electron chi connectivity index (χ2n) is 10.0. The summed E-state index contributed by atoms with van der Waals surface area (Å²) in [5.74, 6) is -3.24. The van der Waals surface area contributed by atoms with Gasteiger partial charge in [0.05, 0.1) is 45.8 Å². The Morgan fingerprint density at radius 2 is 0.738 bits per heavy atom. The molecule has 7 amide bonds. The first-order valence-corrected chi connectivity index (χ1v) is 13.2. The van der Waals surface area contributed by atoms with E-state index in [1.165, 1.54) is 61.3 Å². The topological polar surface area (TPSA) is 168 Å². The first-order chi connectivity index (χ1) is 19.5. The fourth-order valence-corrected chi connectivity index (χ4v) is 3.24. The summed E-state index contributed by atoms with van der Waals surface area (Å²) in [6.07, 6.45) is 1.32. The smallest absolute Gasteiger partial charge is 0.242 e. The standard InChI is InChI=1S/C26H45N7O9/c1-27(11-12-34)21(36)14-29(3)23(38)16-31(5)25(40)18-33(7)26(41)19-32(6)24(39)17-30(4)22(37)15-28(2)20(35)10-9-13-42-8/h12H,9-11,13-19H2,1-8H3. The van der Waals surface area contributed by atoms with E-state index in [-0.39, 0.29) is 58.1 Å². The van der Waals surface area contributed by atoms with Crippen molar-refractivity contribution in [3.63, 3.8) is 0 Å². The van der Waals surface area contributed by atoms with Gasteiger partial charge >= 0.3 is 0 Å². The Hall–Kier alpha value is -4.08. The van der Waals surface area contributed by atoms with Gasteiger partial charge in [0.1, 0.15) is 6.29 Å². The summed E-state index contributed by atoms with van der Waals surface area (Å²) >= 11 is 0. The van der Waals surface area contributed by atoms with Gasteiger partial charge in [-0.25, -0.2) is 0 Å². The summed E-state index contributed by atoms with van der Waals surface area (Å²) in [6.45, 7) is -1.53. The number of nitrogens with zero attached hydrogens (tertiary/aromatic N) is 7. The first kappa shape index (κ1) is 37.9. The zero-order valence-electron chi connectivity index (χ0n) is 26.0. The third-order valence-corrected chi connectivity index (χ3v) is 6.30. The molecular weight excluding hydrogens is 554 g/mol. The summed E-state index contributed by atoms with van der Waals surface area (Å²) in [7, 11) is 11.4. The molecule has 0 aliphatic rings. The molecule has 0 aliphatic carbocycles. The monoisotopic (exact) mass is 599 g/mol. The number of amides is 7. The maximum atomic E-state index is 12.6. The SMILES string of the molecule is COCCCC(=O)N(C)CC(=O)N(C)CC(=O)N(C)CC(=O)N(C)CC(=O)N(C)CC(=O)N(C)CC(=O)N(C)CC=O. The van der Waals surface area contributed by atoms with Crippen LogP contribution in [0.15, 0.2) is 0 Å². The van der Waals surface area contributed by atoms with Crippen LogP contribution in [0.2, 0.25) is 0 Å². The largest absolute Gasteiger partial charge is 0.385 e. The molecule has 0 fully saturated rings. The normalized spacial score (nSPS) is 10.3. The average molecular weight is 600 g/mol. The van der Waals surface area contributed by atoms with Crippen LogP contribution in [0.4, 0.5) is 0 Å². The van der Waals surface area contributed by atoms with Crippen molar-refractivity contribution in [2.24, 2.45) is 0 Å². The quantitative estimate of drug-likeness (QED) is 0.117. The molecule has 0 heterocycles. The van der Waals surface area contributed by atoms with E-state index < -0.39 is 35.4 Å². The maximum absolute atomic E-state index is 12.6. The van der Waals surface area contributed by atoms with Gasteiger partial charge in [0.25, 0.3) is 0 Å². The molecule has 0 aromatic rings. The molecule has 0 unspecified atom stereocenters. The maximum Gasteiger partial charge on any atom is 0.242 e. The Morgan fingerprint density at radius 3 is 1.00 bits per heavy atom. The Morgan fingerprint density at radius 1 is 0.476 bits per heavy atom. The highest BCUT2D eigenvalue weighted by atomic mass is 16.5. The number of ether oxygens (including phenoxy) is 1. The van der Waals surface area contributed by atoms with Crippen molar-refractivity contribution in [2.75, 3.05) is 109 Å². The predicted molar refractivity (Wildman–Crippen MR) is 151 cm³/mol. The highest BCUT2D eigenvalue weighted by Crippen LogP contribution is 2.00. The van der Waals surface area contributed by atoms with Gasteiger partial charge in [-0.1, -0.05) is 0 Å². The summed E-state index contributed by atoms with van der Waals surface area (Å²) in [5, 5.41) is 0. The fourth-order valence-electron chi connectivity index (χ4n) is 3.24. The third kappa shape index (κ3) is 14.0. The van der Waals surface area contributed by atoms with Crippen LogP contribution < -0.4 is 0 Å². The molecule has 0 spiro atoms. The van der Waals surface area contributed by atoms with Crippen LogP contribution in [0.3, 0.4) is 0 Å². The Balaban J connectivity index is 4.72. The van der Waals surface area contributed by atoms with Crippen LogP contribution in [0.5, 0.6) is 0 Å². The summed E-state index contributed by atoms with van der Waals surface area (Å²) in [4.78, 5) is 105. The van der Waals surface area contributed by atoms with Gasteiger partial charge in [-0.3, -0.25) is 33.6 Å². The van der Waals surface area contributed by atoms with Crippen LogP contribution in [-0.2, 0) is 43.1 Å². The van der Waals surface area contributed by atoms with E-state index in [1.54, 1.807) is 0 Å². The van der Waals surface area contributed by atoms with Gasteiger partial charge in [-0.05, 0) is 6.42 Å². The highest BCUT2D eigenvalue weighted by molar-refractivity contribution is 5.92. The van der Waals surface area contributed by atoms with E-state index in [4.69, 9.17) is 4.74 Å². The number of aldehydes is 1. The average Bonchev–Trinajstić information content (AvgIpc) is 2.92. The van der Waals surface area contributed by atoms with Crippen molar-refractivity contribution in [3.05, 3.63) is 0 Å². The van der Waals surface area contributed by atoms with E-state index in [9.17, 15) is 38.4 Å². The molecule has 0 saturated carbocycles. The fraction of sp³-hybridized carbons (Fsp3) is 0.692. The number of hydrogen-bond donors (Lipinski definition) is 0. The van der Waals surface area contributed by atoms with Gasteiger partial charge in [0.15, 0.2) is 0 Å². The van der Waals surface area contributed by atoms with Crippen LogP contribution >= 0.6 is 0 Å². The molecule has 0 radical (unpaired) electrons. The molecule has 0 saturated heterocycles. The van der Waals surface area contributed by atoms with Gasteiger partial charge < -0.3 is 43.8 Å². The zero-order chi connectivity index (χ0) is 32.6. The van der Waals surface area contributed by atoms with Crippen molar-refractivity contribution in [1.82, 2.24) is 34.3 Å². The Kier molecular flexibility index (Phi) is 17.3. The number of hydrogen-bond acceptors (Lipinski definition) is 9. The second-order valence-corrected chi connectivity index (χ2v) is 10.0. The molecule has 0 aliphatic heterocycles. The molecule has 42 heavy (non-hydrogen) atoms. The van der Waals surface area contributed by atoms with Gasteiger partial charge in [0.2, 0.25) is 41.4 Å². The molecule has 0 atom stereocenters. The number of carbonyl (C=O) groups excluding carboxylic acids is 8. The van der Waals surface area contributed by atoms with Gasteiger partial charge in [-0.15, -0.1) is 0 Å². The summed E-state index contributed by atoms with van der Waals surface area (Å²) in [6, 6.07) is 0. The third-order valence-electron chi connectivity index (χ3n) is 6.30. The highest BCUT2D eigenvalue weighted by Gasteiger charge is 2.24. The Bertz CT molecular complexity index is 991. The zero-order valence-corrected chi connectivity index (χ0v) is 26.0. The van der Waals surface area contributed by atoms with E-state index >= 15 is 0 Å². The van der Waals surface area contributed by atoms with Crippen LogP contribution in [0, 0.1) is 0 Å². The molecule has 0 rings (SSSR count). The summed E-state index contributed by atoms with van der Waals surface area (Å²) in [5.41, 5.74) is 0. The predicted octanol–water partition coefficient (Wildman–Crippen LogP) is -3.18. The van der Waals surface area contributed by atoms with Gasteiger partial charge in [-0.2, -0.15) is 0 Å². The van der Waals surface area contributed by atoms with Crippen LogP contribution in [0.25, 0.3) is 0 Å². The molecule has 16 nitrogen and oxygen atoms in total. The number of methoxy groups -OCH3 is 1. The van der Waals surface area contributed by atoms with Crippen molar-refractivity contribution in [3.8, 4) is 0 Å². The van der Waals surface area contributed by atoms with Crippen molar-refractivity contribution in [2.45, 2.75) is 12.8 Å². The van der Waals surface area contributed by atoms with Crippen LogP contribution in [0.1, 0.15) is 12.8 Å². The van der Waals surface area contributed by atoms with Crippen molar-refractivity contribution in [1.29, 1.82) is 0 Å². The molecular formula is C26H45N7O9. The number of carbonyl (C=O) groups is 8. The van der Waals surface area contributed by atoms with E-state index in [0.717, 1.165) is 29.4 Å². The lowest BCUT2D eigenvalue weighted by atomic mass is 10.3. The van der Waals surface area contributed by atoms with Crippen molar-refractivity contribution >= 4 is 47.6 Å². The minimum Gasteiger partial charge on any atom is -0.385 e. The molecule has 238 valence electrons.